The summed E-state index contributed by atoms with van der Waals surface area (Å²) in [6.07, 6.45) is -0.546. The van der Waals surface area contributed by atoms with Crippen LogP contribution in [0.4, 0.5) is 4.79 Å². The molecule has 0 bridgehead atoms. The Bertz CT molecular complexity index is 1590. The second kappa shape index (κ2) is 10.4. The number of aromatic nitrogens is 3. The summed E-state index contributed by atoms with van der Waals surface area (Å²) in [5.74, 6) is 1.96. The van der Waals surface area contributed by atoms with Crippen LogP contribution in [0.3, 0.4) is 0 Å². The molecule has 0 aliphatic carbocycles. The number of hydrogen-bond acceptors (Lipinski definition) is 8. The summed E-state index contributed by atoms with van der Waals surface area (Å²) in [6, 6.07) is 17.0. The van der Waals surface area contributed by atoms with Gasteiger partial charge in [-0.2, -0.15) is 8.75 Å². The molecule has 2 heterocycles. The molecule has 0 aliphatic rings. The van der Waals surface area contributed by atoms with Gasteiger partial charge in [0.25, 0.3) is 0 Å². The molecule has 0 saturated carbocycles. The number of carboxylic acid groups (broad SMARTS) is 1. The molecule has 10 heteroatoms. The molecular weight excluding hydrogens is 494 g/mol. The van der Waals surface area contributed by atoms with E-state index in [9.17, 15) is 9.90 Å². The highest BCUT2D eigenvalue weighted by Gasteiger charge is 2.24. The van der Waals surface area contributed by atoms with Gasteiger partial charge in [0.1, 0.15) is 16.8 Å². The van der Waals surface area contributed by atoms with Gasteiger partial charge in [-0.05, 0) is 60.0 Å². The average Bonchev–Trinajstić information content (AvgIpc) is 3.49. The van der Waals surface area contributed by atoms with Crippen molar-refractivity contribution in [2.75, 3.05) is 20.8 Å². The van der Waals surface area contributed by atoms with Crippen molar-refractivity contribution in [2.24, 2.45) is 0 Å². The molecule has 2 aromatic heterocycles. The number of methoxy groups -OCH3 is 2. The van der Waals surface area contributed by atoms with E-state index in [1.54, 1.807) is 26.4 Å². The molecule has 0 unspecified atom stereocenters. The van der Waals surface area contributed by atoms with Crippen molar-refractivity contribution < 1.29 is 28.8 Å². The maximum absolute atomic E-state index is 11.9. The number of ether oxygens (including phenoxy) is 4. The predicted octanol–water partition coefficient (Wildman–Crippen LogP) is 6.22. The van der Waals surface area contributed by atoms with E-state index >= 15 is 0 Å². The predicted molar refractivity (Wildman–Crippen MR) is 141 cm³/mol. The lowest BCUT2D eigenvalue weighted by molar-refractivity contribution is 0.141. The first-order valence-corrected chi connectivity index (χ1v) is 12.4. The number of rotatable bonds is 9. The molecule has 0 aliphatic heterocycles. The lowest BCUT2D eigenvalue weighted by Gasteiger charge is -2.12. The Balaban J connectivity index is 1.75. The number of carbonyl (C=O) groups is 1. The van der Waals surface area contributed by atoms with Crippen molar-refractivity contribution in [3.8, 4) is 34.3 Å². The zero-order chi connectivity index (χ0) is 25.9. The standard InChI is InChI=1S/C27H25N3O6S/c1-4-11-35-18-7-9-22-19(14-18)25(17-6-10-23(33-2)24(13-17)34-3)26(36-27(31)32)30(22)15-16-5-8-20-21(12-16)29-37-28-20/h5-10,12-14H,4,11,15H2,1-3H3,(H,31,32). The zero-order valence-corrected chi connectivity index (χ0v) is 21.4. The van der Waals surface area contributed by atoms with Crippen molar-refractivity contribution in [3.05, 3.63) is 60.2 Å². The van der Waals surface area contributed by atoms with Crippen LogP contribution in [0.1, 0.15) is 18.9 Å². The van der Waals surface area contributed by atoms with Crippen LogP contribution in [0, 0.1) is 0 Å². The van der Waals surface area contributed by atoms with Gasteiger partial charge < -0.3 is 28.6 Å². The van der Waals surface area contributed by atoms with Crippen molar-refractivity contribution in [1.82, 2.24) is 13.3 Å². The van der Waals surface area contributed by atoms with Crippen molar-refractivity contribution in [1.29, 1.82) is 0 Å². The molecule has 9 nitrogen and oxygen atoms in total. The molecule has 3 aromatic carbocycles. The highest BCUT2D eigenvalue weighted by atomic mass is 32.1. The molecule has 0 amide bonds. The number of nitrogens with zero attached hydrogens (tertiary/aromatic N) is 3. The van der Waals surface area contributed by atoms with Crippen molar-refractivity contribution in [2.45, 2.75) is 19.9 Å². The number of hydrogen-bond donors (Lipinski definition) is 1. The summed E-state index contributed by atoms with van der Waals surface area (Å²) in [5.41, 5.74) is 4.65. The highest BCUT2D eigenvalue weighted by Crippen LogP contribution is 2.44. The largest absolute Gasteiger partial charge is 0.512 e. The Hall–Kier alpha value is -4.31. The van der Waals surface area contributed by atoms with Crippen LogP contribution in [0.25, 0.3) is 33.1 Å². The van der Waals surface area contributed by atoms with Crippen molar-refractivity contribution in [3.63, 3.8) is 0 Å². The molecule has 37 heavy (non-hydrogen) atoms. The summed E-state index contributed by atoms with van der Waals surface area (Å²) < 4.78 is 32.7. The molecule has 1 N–H and O–H groups in total. The molecule has 0 fully saturated rings. The summed E-state index contributed by atoms with van der Waals surface area (Å²) in [4.78, 5) is 11.9. The quantitative estimate of drug-likeness (QED) is 0.229. The average molecular weight is 520 g/mol. The number of fused-ring (bicyclic) bond motifs is 2. The maximum Gasteiger partial charge on any atom is 0.512 e. The van der Waals surface area contributed by atoms with E-state index in [0.29, 0.717) is 41.5 Å². The van der Waals surface area contributed by atoms with Crippen LogP contribution in [0.2, 0.25) is 0 Å². The third-order valence-electron chi connectivity index (χ3n) is 5.98. The second-order valence-corrected chi connectivity index (χ2v) is 8.85. The van der Waals surface area contributed by atoms with Gasteiger partial charge in [-0.1, -0.05) is 19.1 Å². The van der Waals surface area contributed by atoms with Crippen LogP contribution in [-0.2, 0) is 6.54 Å². The molecular formula is C27H25N3O6S. The third kappa shape index (κ3) is 4.75. The second-order valence-electron chi connectivity index (χ2n) is 8.32. The summed E-state index contributed by atoms with van der Waals surface area (Å²) in [7, 11) is 3.12. The summed E-state index contributed by atoms with van der Waals surface area (Å²) in [5, 5.41) is 10.5. The fourth-order valence-corrected chi connectivity index (χ4v) is 4.86. The monoisotopic (exact) mass is 519 g/mol. The van der Waals surface area contributed by atoms with E-state index < -0.39 is 6.16 Å². The van der Waals surface area contributed by atoms with Gasteiger partial charge in [-0.25, -0.2) is 4.79 Å². The van der Waals surface area contributed by atoms with Gasteiger partial charge in [0.2, 0.25) is 5.88 Å². The summed E-state index contributed by atoms with van der Waals surface area (Å²) >= 11 is 1.15. The maximum atomic E-state index is 11.9. The minimum atomic E-state index is -1.41. The van der Waals surface area contributed by atoms with Gasteiger partial charge in [0, 0.05) is 5.39 Å². The van der Waals surface area contributed by atoms with Gasteiger partial charge in [0.15, 0.2) is 11.5 Å². The molecule has 0 spiro atoms. The Morgan fingerprint density at radius 2 is 1.78 bits per heavy atom. The van der Waals surface area contributed by atoms with Crippen LogP contribution in [-0.4, -0.2) is 45.4 Å². The van der Waals surface area contributed by atoms with E-state index in [-0.39, 0.29) is 5.88 Å². The molecule has 0 atom stereocenters. The van der Waals surface area contributed by atoms with E-state index in [1.165, 1.54) is 0 Å². The first-order valence-electron chi connectivity index (χ1n) is 11.7. The molecule has 5 aromatic rings. The van der Waals surface area contributed by atoms with Crippen molar-refractivity contribution >= 4 is 39.8 Å². The lowest BCUT2D eigenvalue weighted by Crippen LogP contribution is -2.10. The van der Waals surface area contributed by atoms with Crippen LogP contribution in [0.15, 0.2) is 54.6 Å². The smallest absolute Gasteiger partial charge is 0.494 e. The Morgan fingerprint density at radius 3 is 2.54 bits per heavy atom. The van der Waals surface area contributed by atoms with Crippen LogP contribution >= 0.6 is 11.7 Å². The Kier molecular flexibility index (Phi) is 6.82. The SMILES string of the molecule is CCCOc1ccc2c(c1)c(-c1ccc(OC)c(OC)c1)c(OC(=O)O)n2Cc1ccc2nsnc2c1. The van der Waals surface area contributed by atoms with E-state index in [0.717, 1.165) is 45.6 Å². The number of benzene rings is 3. The van der Waals surface area contributed by atoms with Gasteiger partial charge in [-0.15, -0.1) is 0 Å². The minimum Gasteiger partial charge on any atom is -0.494 e. The first-order chi connectivity index (χ1) is 18.0. The van der Waals surface area contributed by atoms with Crippen LogP contribution < -0.4 is 18.9 Å². The summed E-state index contributed by atoms with van der Waals surface area (Å²) in [6.45, 7) is 2.96. The molecule has 0 saturated heterocycles. The van der Waals surface area contributed by atoms with Gasteiger partial charge in [-0.3, -0.25) is 0 Å². The molecule has 5 rings (SSSR count). The normalized spacial score (nSPS) is 11.1. The molecule has 0 radical (unpaired) electrons. The van der Waals surface area contributed by atoms with E-state index in [4.69, 9.17) is 18.9 Å². The topological polar surface area (TPSA) is 105 Å². The Morgan fingerprint density at radius 1 is 0.973 bits per heavy atom. The van der Waals surface area contributed by atoms with Gasteiger partial charge in [0.05, 0.1) is 50.2 Å². The first kappa shape index (κ1) is 24.4. The third-order valence-corrected chi connectivity index (χ3v) is 6.53. The minimum absolute atomic E-state index is 0.193. The van der Waals surface area contributed by atoms with E-state index in [2.05, 4.69) is 8.75 Å². The molecule has 190 valence electrons. The fourth-order valence-electron chi connectivity index (χ4n) is 4.35. The fraction of sp³-hybridized carbons (Fsp3) is 0.222. The zero-order valence-electron chi connectivity index (χ0n) is 20.6. The Labute approximate surface area is 217 Å². The highest BCUT2D eigenvalue weighted by molar-refractivity contribution is 7.00. The van der Waals surface area contributed by atoms with Crippen LogP contribution in [0.5, 0.6) is 23.1 Å². The van der Waals surface area contributed by atoms with E-state index in [1.807, 2.05) is 54.0 Å². The lowest BCUT2D eigenvalue weighted by atomic mass is 10.0. The van der Waals surface area contributed by atoms with Gasteiger partial charge >= 0.3 is 6.16 Å².